The van der Waals surface area contributed by atoms with Gasteiger partial charge in [-0.1, -0.05) is 19.8 Å². The van der Waals surface area contributed by atoms with Crippen molar-refractivity contribution in [1.82, 2.24) is 15.5 Å². The third kappa shape index (κ3) is 9.10. The van der Waals surface area contributed by atoms with Gasteiger partial charge in [0.2, 0.25) is 0 Å². The number of guanidine groups is 1. The molecule has 0 aromatic heterocycles. The lowest BCUT2D eigenvalue weighted by atomic mass is 9.84. The van der Waals surface area contributed by atoms with Crippen LogP contribution in [0.15, 0.2) is 4.99 Å². The van der Waals surface area contributed by atoms with Crippen molar-refractivity contribution in [3.05, 3.63) is 0 Å². The lowest BCUT2D eigenvalue weighted by Gasteiger charge is -2.26. The Labute approximate surface area is 160 Å². The van der Waals surface area contributed by atoms with Gasteiger partial charge in [0.15, 0.2) is 5.96 Å². The van der Waals surface area contributed by atoms with Gasteiger partial charge in [-0.3, -0.25) is 4.99 Å². The van der Waals surface area contributed by atoms with E-state index in [0.717, 1.165) is 45.3 Å². The molecular weight excluding hydrogens is 403 g/mol. The van der Waals surface area contributed by atoms with Crippen molar-refractivity contribution in [2.75, 3.05) is 53.5 Å². The fourth-order valence-electron chi connectivity index (χ4n) is 3.06. The molecule has 0 aromatic carbocycles. The minimum absolute atomic E-state index is 0. The van der Waals surface area contributed by atoms with E-state index in [9.17, 15) is 0 Å². The largest absolute Gasteiger partial charge is 0.383 e. The summed E-state index contributed by atoms with van der Waals surface area (Å²) in [7, 11) is 3.87. The second kappa shape index (κ2) is 13.2. The third-order valence-electron chi connectivity index (χ3n) is 4.79. The number of nitrogens with one attached hydrogen (secondary N) is 2. The number of hydrogen-bond acceptors (Lipinski definition) is 3. The molecule has 0 bridgehead atoms. The van der Waals surface area contributed by atoms with Crippen LogP contribution in [-0.4, -0.2) is 64.3 Å². The Bertz CT molecular complexity index is 320. The Balaban J connectivity index is 0.00000484. The molecule has 0 heterocycles. The first-order valence-corrected chi connectivity index (χ1v) is 8.85. The highest BCUT2D eigenvalue weighted by Gasteiger charge is 2.31. The van der Waals surface area contributed by atoms with Crippen LogP contribution >= 0.6 is 24.0 Å². The van der Waals surface area contributed by atoms with Crippen LogP contribution in [0.2, 0.25) is 0 Å². The summed E-state index contributed by atoms with van der Waals surface area (Å²) >= 11 is 0. The lowest BCUT2D eigenvalue weighted by molar-refractivity contribution is 0.162. The number of nitrogens with zero attached hydrogens (tertiary/aromatic N) is 2. The standard InChI is InChI=1S/C17H36N4O.HI/c1-5-17(9-7-8-10-17)15-20-16(18-6-2)19-11-12-21(3)13-14-22-4;/h5-15H2,1-4H3,(H2,18,19,20);1H. The molecule has 0 aromatic rings. The average molecular weight is 440 g/mol. The first kappa shape index (κ1) is 22.9. The molecule has 2 N–H and O–H groups in total. The van der Waals surface area contributed by atoms with E-state index < -0.39 is 0 Å². The van der Waals surface area contributed by atoms with Crippen LogP contribution in [0.4, 0.5) is 0 Å². The fourth-order valence-corrected chi connectivity index (χ4v) is 3.06. The number of aliphatic imine (C=N–C) groups is 1. The summed E-state index contributed by atoms with van der Waals surface area (Å²) in [6.45, 7) is 9.94. The minimum atomic E-state index is 0. The number of halogens is 1. The van der Waals surface area contributed by atoms with Crippen LogP contribution in [0.3, 0.4) is 0 Å². The maximum atomic E-state index is 5.10. The van der Waals surface area contributed by atoms with E-state index in [1.807, 2.05) is 0 Å². The van der Waals surface area contributed by atoms with Crippen molar-refractivity contribution in [2.45, 2.75) is 46.0 Å². The fraction of sp³-hybridized carbons (Fsp3) is 0.941. The molecule has 0 unspecified atom stereocenters. The molecule has 0 radical (unpaired) electrons. The Morgan fingerprint density at radius 3 is 2.43 bits per heavy atom. The second-order valence-electron chi connectivity index (χ2n) is 6.48. The first-order valence-electron chi connectivity index (χ1n) is 8.85. The van der Waals surface area contributed by atoms with Crippen molar-refractivity contribution < 1.29 is 4.74 Å². The molecule has 0 atom stereocenters. The summed E-state index contributed by atoms with van der Waals surface area (Å²) in [6.07, 6.45) is 6.67. The average Bonchev–Trinajstić information content (AvgIpc) is 3.00. The van der Waals surface area contributed by atoms with Crippen LogP contribution in [0, 0.1) is 5.41 Å². The third-order valence-corrected chi connectivity index (χ3v) is 4.79. The Kier molecular flexibility index (Phi) is 13.2. The van der Waals surface area contributed by atoms with E-state index in [4.69, 9.17) is 9.73 Å². The van der Waals surface area contributed by atoms with E-state index in [1.165, 1.54) is 32.1 Å². The zero-order chi connectivity index (χ0) is 16.3. The van der Waals surface area contributed by atoms with Crippen LogP contribution < -0.4 is 10.6 Å². The number of likely N-dealkylation sites (N-methyl/N-ethyl adjacent to an activating group) is 1. The molecule has 0 aliphatic heterocycles. The van der Waals surface area contributed by atoms with Crippen molar-refractivity contribution in [3.63, 3.8) is 0 Å². The van der Waals surface area contributed by atoms with E-state index in [-0.39, 0.29) is 24.0 Å². The summed E-state index contributed by atoms with van der Waals surface area (Å²) < 4.78 is 5.10. The number of rotatable bonds is 10. The highest BCUT2D eigenvalue weighted by Crippen LogP contribution is 2.41. The van der Waals surface area contributed by atoms with Gasteiger partial charge < -0.3 is 20.3 Å². The molecule has 1 fully saturated rings. The van der Waals surface area contributed by atoms with Gasteiger partial charge in [-0.2, -0.15) is 0 Å². The van der Waals surface area contributed by atoms with Gasteiger partial charge in [-0.15, -0.1) is 24.0 Å². The second-order valence-corrected chi connectivity index (χ2v) is 6.48. The van der Waals surface area contributed by atoms with Gasteiger partial charge in [0.05, 0.1) is 6.61 Å². The van der Waals surface area contributed by atoms with Crippen LogP contribution in [0.5, 0.6) is 0 Å². The van der Waals surface area contributed by atoms with Crippen molar-refractivity contribution in [1.29, 1.82) is 0 Å². The smallest absolute Gasteiger partial charge is 0.191 e. The topological polar surface area (TPSA) is 48.9 Å². The summed E-state index contributed by atoms with van der Waals surface area (Å²) in [4.78, 5) is 7.12. The van der Waals surface area contributed by atoms with Gasteiger partial charge in [0, 0.05) is 39.8 Å². The van der Waals surface area contributed by atoms with Crippen LogP contribution in [0.1, 0.15) is 46.0 Å². The number of methoxy groups -OCH3 is 1. The zero-order valence-corrected chi connectivity index (χ0v) is 17.8. The van der Waals surface area contributed by atoms with E-state index >= 15 is 0 Å². The maximum Gasteiger partial charge on any atom is 0.191 e. The lowest BCUT2D eigenvalue weighted by Crippen LogP contribution is -2.42. The van der Waals surface area contributed by atoms with Gasteiger partial charge in [0.1, 0.15) is 0 Å². The van der Waals surface area contributed by atoms with Gasteiger partial charge in [-0.25, -0.2) is 0 Å². The van der Waals surface area contributed by atoms with E-state index in [0.29, 0.717) is 5.41 Å². The van der Waals surface area contributed by atoms with Crippen LogP contribution in [0.25, 0.3) is 0 Å². The van der Waals surface area contributed by atoms with Gasteiger partial charge >= 0.3 is 0 Å². The Morgan fingerprint density at radius 1 is 1.17 bits per heavy atom. The zero-order valence-electron chi connectivity index (χ0n) is 15.5. The molecule has 6 heteroatoms. The highest BCUT2D eigenvalue weighted by molar-refractivity contribution is 14.0. The molecule has 1 rings (SSSR count). The van der Waals surface area contributed by atoms with Crippen molar-refractivity contribution in [3.8, 4) is 0 Å². The monoisotopic (exact) mass is 440 g/mol. The normalized spacial score (nSPS) is 17.2. The molecule has 0 spiro atoms. The summed E-state index contributed by atoms with van der Waals surface area (Å²) in [6, 6.07) is 0. The Morgan fingerprint density at radius 2 is 1.87 bits per heavy atom. The SMILES string of the molecule is CCNC(=NCC1(CC)CCCC1)NCCN(C)CCOC.I. The maximum absolute atomic E-state index is 5.10. The van der Waals surface area contributed by atoms with E-state index in [2.05, 4.69) is 36.4 Å². The van der Waals surface area contributed by atoms with Crippen molar-refractivity contribution in [2.24, 2.45) is 10.4 Å². The summed E-state index contributed by atoms with van der Waals surface area (Å²) in [5.74, 6) is 0.961. The molecule has 5 nitrogen and oxygen atoms in total. The molecule has 23 heavy (non-hydrogen) atoms. The highest BCUT2D eigenvalue weighted by atomic mass is 127. The summed E-state index contributed by atoms with van der Waals surface area (Å²) in [5.41, 5.74) is 0.456. The first-order chi connectivity index (χ1) is 10.7. The predicted molar refractivity (Wildman–Crippen MR) is 110 cm³/mol. The van der Waals surface area contributed by atoms with Gasteiger partial charge in [-0.05, 0) is 38.6 Å². The quantitative estimate of drug-likeness (QED) is 0.312. The molecule has 0 amide bonds. The molecule has 0 saturated heterocycles. The minimum Gasteiger partial charge on any atom is -0.383 e. The van der Waals surface area contributed by atoms with Gasteiger partial charge in [0.25, 0.3) is 0 Å². The molecule has 1 saturated carbocycles. The molecular formula is C17H37IN4O. The number of hydrogen-bond donors (Lipinski definition) is 2. The van der Waals surface area contributed by atoms with Crippen molar-refractivity contribution >= 4 is 29.9 Å². The molecule has 1 aliphatic carbocycles. The molecule has 138 valence electrons. The number of ether oxygens (including phenoxy) is 1. The Hall–Kier alpha value is -0.0800. The predicted octanol–water partition coefficient (Wildman–Crippen LogP) is 2.71. The van der Waals surface area contributed by atoms with E-state index in [1.54, 1.807) is 7.11 Å². The summed E-state index contributed by atoms with van der Waals surface area (Å²) in [5, 5.41) is 6.81. The molecule has 1 aliphatic rings. The van der Waals surface area contributed by atoms with Crippen LogP contribution in [-0.2, 0) is 4.74 Å².